The Morgan fingerprint density at radius 2 is 1.75 bits per heavy atom. The summed E-state index contributed by atoms with van der Waals surface area (Å²) in [5, 5.41) is 34.0. The Morgan fingerprint density at radius 3 is 2.50 bits per heavy atom. The van der Waals surface area contributed by atoms with Gasteiger partial charge in [-0.2, -0.15) is 4.58 Å². The third kappa shape index (κ3) is 2.99. The first-order chi connectivity index (χ1) is 15.5. The first-order valence-electron chi connectivity index (χ1n) is 9.95. The molecule has 1 N–H and O–H groups in total. The number of benzene rings is 2. The lowest BCUT2D eigenvalue weighted by Crippen LogP contribution is -2.43. The van der Waals surface area contributed by atoms with E-state index >= 15 is 0 Å². The van der Waals surface area contributed by atoms with Gasteiger partial charge in [0.1, 0.15) is 0 Å². The summed E-state index contributed by atoms with van der Waals surface area (Å²) in [7, 11) is 0. The fourth-order valence-electron chi connectivity index (χ4n) is 4.35. The van der Waals surface area contributed by atoms with E-state index in [1.807, 2.05) is 65.3 Å². The molecule has 0 aromatic heterocycles. The van der Waals surface area contributed by atoms with Crippen molar-refractivity contribution in [3.05, 3.63) is 134 Å². The highest BCUT2D eigenvalue weighted by atomic mass is 32.2. The monoisotopic (exact) mass is 444 g/mol. The van der Waals surface area contributed by atoms with Crippen LogP contribution in [0.15, 0.2) is 102 Å². The van der Waals surface area contributed by atoms with Crippen molar-refractivity contribution in [1.29, 1.82) is 0 Å². The average Bonchev–Trinajstić information content (AvgIpc) is 2.93. The van der Waals surface area contributed by atoms with Crippen molar-refractivity contribution in [2.45, 2.75) is 11.4 Å². The molecule has 32 heavy (non-hydrogen) atoms. The largest absolute Gasteiger partial charge is 0.417 e. The zero-order valence-electron chi connectivity index (χ0n) is 16.8. The second kappa shape index (κ2) is 7.65. The minimum atomic E-state index is -1.22. The van der Waals surface area contributed by atoms with Crippen LogP contribution in [0.25, 0.3) is 0 Å². The molecule has 1 unspecified atom stereocenters. The van der Waals surface area contributed by atoms with E-state index in [0.717, 1.165) is 16.2 Å². The average molecular weight is 444 g/mol. The Labute approximate surface area is 188 Å². The highest BCUT2D eigenvalue weighted by Crippen LogP contribution is 2.55. The fraction of sp³-hybridized carbons (Fsp3) is 0.0833. The van der Waals surface area contributed by atoms with Gasteiger partial charge in [0.05, 0.1) is 27.0 Å². The van der Waals surface area contributed by atoms with Crippen LogP contribution in [0.1, 0.15) is 16.7 Å². The molecular weight excluding hydrogens is 426 g/mol. The van der Waals surface area contributed by atoms with Crippen molar-refractivity contribution in [3.63, 3.8) is 0 Å². The molecule has 1 spiro atoms. The van der Waals surface area contributed by atoms with E-state index in [9.17, 15) is 20.5 Å². The topological polar surface area (TPSA) is 92.5 Å². The zero-order valence-corrected chi connectivity index (χ0v) is 17.6. The smallest absolute Gasteiger partial charge is 0.339 e. The first-order valence-corrected chi connectivity index (χ1v) is 10.8. The van der Waals surface area contributed by atoms with E-state index in [2.05, 4.69) is 0 Å². The van der Waals surface area contributed by atoms with Crippen LogP contribution in [0.5, 0.6) is 0 Å². The normalized spacial score (nSPS) is 22.8. The molecular formula is C24H18N3O4S+. The molecule has 2 aliphatic carbocycles. The number of allylic oxidation sites excluding steroid dienone is 7. The molecule has 158 valence electrons. The number of nitrogens with zero attached hydrogens (tertiary/aromatic N) is 3. The predicted molar refractivity (Wildman–Crippen MR) is 122 cm³/mol. The Morgan fingerprint density at radius 1 is 1.00 bits per heavy atom. The number of thioether (sulfide) groups is 1. The van der Waals surface area contributed by atoms with Crippen LogP contribution in [0, 0.1) is 15.3 Å². The molecule has 0 radical (unpaired) electrons. The van der Waals surface area contributed by atoms with E-state index in [-0.39, 0.29) is 16.3 Å². The van der Waals surface area contributed by atoms with Crippen LogP contribution in [-0.2, 0) is 11.4 Å². The van der Waals surface area contributed by atoms with Crippen LogP contribution < -0.4 is 0 Å². The van der Waals surface area contributed by atoms with Crippen molar-refractivity contribution in [3.8, 4) is 0 Å². The maximum Gasteiger partial charge on any atom is 0.339 e. The van der Waals surface area contributed by atoms with Gasteiger partial charge in [-0.15, -0.1) is 0 Å². The summed E-state index contributed by atoms with van der Waals surface area (Å²) in [4.78, 5) is 11.3. The standard InChI is InChI=1S/C24H18N3O4S/c28-26(29)21-15-23(27(30)31)24(19-12-8-7-11-18(19)21)25(16-17-9-3-1-4-10-17)20-13-5-2-6-14-22(20)32-24/h1-15H,16H2,(H,28,29)/q+1. The van der Waals surface area contributed by atoms with Crippen LogP contribution in [0.2, 0.25) is 0 Å². The molecule has 3 aliphatic rings. The molecule has 0 saturated carbocycles. The third-order valence-electron chi connectivity index (χ3n) is 5.68. The van der Waals surface area contributed by atoms with Gasteiger partial charge in [0.2, 0.25) is 5.71 Å². The van der Waals surface area contributed by atoms with Gasteiger partial charge in [-0.3, -0.25) is 15.3 Å². The lowest BCUT2D eigenvalue weighted by atomic mass is 9.87. The van der Waals surface area contributed by atoms with Crippen LogP contribution in [-0.4, -0.2) is 31.0 Å². The van der Waals surface area contributed by atoms with Gasteiger partial charge in [0.15, 0.2) is 6.54 Å². The molecule has 1 heterocycles. The van der Waals surface area contributed by atoms with E-state index < -0.39 is 9.79 Å². The van der Waals surface area contributed by atoms with E-state index in [0.29, 0.717) is 17.7 Å². The maximum atomic E-state index is 12.4. The molecule has 2 aromatic rings. The van der Waals surface area contributed by atoms with E-state index in [4.69, 9.17) is 0 Å². The lowest BCUT2D eigenvalue weighted by molar-refractivity contribution is -0.725. The SMILES string of the molecule is O=[N+]([O-])C1=CC(=[N+]([O-])O)c2ccccc2C12SC1=CC=CC=CC1=[N+]2Cc1ccccc1. The predicted octanol–water partition coefficient (Wildman–Crippen LogP) is 4.11. The molecule has 1 aliphatic heterocycles. The number of rotatable bonds is 3. The molecule has 7 nitrogen and oxygen atoms in total. The number of fused-ring (bicyclic) bond motifs is 3. The summed E-state index contributed by atoms with van der Waals surface area (Å²) in [6, 6.07) is 16.8. The second-order valence-corrected chi connectivity index (χ2v) is 8.70. The van der Waals surface area contributed by atoms with Crippen molar-refractivity contribution >= 4 is 23.2 Å². The molecule has 0 saturated heterocycles. The molecule has 0 fully saturated rings. The minimum absolute atomic E-state index is 0.153. The summed E-state index contributed by atoms with van der Waals surface area (Å²) < 4.78 is 2.01. The molecule has 1 atom stereocenters. The van der Waals surface area contributed by atoms with Crippen LogP contribution >= 0.6 is 11.8 Å². The Balaban J connectivity index is 1.85. The third-order valence-corrected chi connectivity index (χ3v) is 7.19. The number of hydrogen-bond acceptors (Lipinski definition) is 5. The van der Waals surface area contributed by atoms with Gasteiger partial charge in [-0.05, 0) is 30.0 Å². The fourth-order valence-corrected chi connectivity index (χ4v) is 5.89. The van der Waals surface area contributed by atoms with Crippen molar-refractivity contribution in [2.24, 2.45) is 0 Å². The Hall–Kier alpha value is -3.91. The summed E-state index contributed by atoms with van der Waals surface area (Å²) in [6.07, 6.45) is 10.8. The van der Waals surface area contributed by atoms with Crippen molar-refractivity contribution in [1.82, 2.24) is 0 Å². The lowest BCUT2D eigenvalue weighted by Gasteiger charge is -2.27. The molecule has 2 aromatic carbocycles. The highest BCUT2D eigenvalue weighted by Gasteiger charge is 2.65. The molecule has 0 bridgehead atoms. The molecule has 5 rings (SSSR count). The van der Waals surface area contributed by atoms with Gasteiger partial charge < -0.3 is 5.21 Å². The van der Waals surface area contributed by atoms with Gasteiger partial charge >= 0.3 is 10.6 Å². The van der Waals surface area contributed by atoms with Gasteiger partial charge in [0.25, 0.3) is 5.71 Å². The van der Waals surface area contributed by atoms with Crippen molar-refractivity contribution < 1.29 is 19.6 Å². The number of nitro groups is 1. The van der Waals surface area contributed by atoms with Crippen LogP contribution in [0.3, 0.4) is 0 Å². The summed E-state index contributed by atoms with van der Waals surface area (Å²) in [5.74, 6) is 0. The minimum Gasteiger partial charge on any atom is -0.417 e. The second-order valence-electron chi connectivity index (χ2n) is 7.47. The zero-order chi connectivity index (χ0) is 22.3. The number of hydrogen-bond donors (Lipinski definition) is 1. The molecule has 8 heteroatoms. The van der Waals surface area contributed by atoms with E-state index in [1.165, 1.54) is 17.8 Å². The van der Waals surface area contributed by atoms with Crippen LogP contribution in [0.4, 0.5) is 0 Å². The summed E-state index contributed by atoms with van der Waals surface area (Å²) in [6.45, 7) is 0.417. The van der Waals surface area contributed by atoms with Gasteiger partial charge in [-0.25, -0.2) is 0 Å². The van der Waals surface area contributed by atoms with E-state index in [1.54, 1.807) is 24.3 Å². The summed E-state index contributed by atoms with van der Waals surface area (Å²) >= 11 is 1.37. The summed E-state index contributed by atoms with van der Waals surface area (Å²) in [5.41, 5.74) is 2.56. The first kappa shape index (κ1) is 20.0. The maximum absolute atomic E-state index is 12.4. The highest BCUT2D eigenvalue weighted by molar-refractivity contribution is 8.05. The Kier molecular flexibility index (Phi) is 4.79. The molecule has 0 amide bonds. The Bertz CT molecular complexity index is 1320. The van der Waals surface area contributed by atoms with Crippen molar-refractivity contribution in [2.75, 3.05) is 0 Å². The van der Waals surface area contributed by atoms with Gasteiger partial charge in [0, 0.05) is 16.5 Å². The quantitative estimate of drug-likeness (QED) is 0.253. The van der Waals surface area contributed by atoms with Gasteiger partial charge in [-0.1, -0.05) is 60.7 Å².